The molecular formula is C18H18FNO2. The van der Waals surface area contributed by atoms with Gasteiger partial charge in [0, 0.05) is 6.08 Å². The van der Waals surface area contributed by atoms with E-state index in [1.54, 1.807) is 25.3 Å². The normalized spacial score (nSPS) is 12.1. The summed E-state index contributed by atoms with van der Waals surface area (Å²) in [4.78, 5) is 11.9. The van der Waals surface area contributed by atoms with Gasteiger partial charge in [-0.15, -0.1) is 0 Å². The molecule has 1 atom stereocenters. The molecule has 0 aromatic heterocycles. The summed E-state index contributed by atoms with van der Waals surface area (Å²) in [6.07, 6.45) is 3.20. The molecule has 1 amide bonds. The van der Waals surface area contributed by atoms with Crippen LogP contribution in [0.2, 0.25) is 0 Å². The number of hydrogen-bond donors (Lipinski definition) is 1. The first-order valence-electron chi connectivity index (χ1n) is 6.96. The number of hydrogen-bond acceptors (Lipinski definition) is 2. The number of amides is 1. The van der Waals surface area contributed by atoms with Crippen LogP contribution in [0.5, 0.6) is 5.75 Å². The lowest BCUT2D eigenvalue weighted by Crippen LogP contribution is -2.24. The Hall–Kier alpha value is -2.62. The van der Waals surface area contributed by atoms with Crippen molar-refractivity contribution in [3.8, 4) is 5.75 Å². The van der Waals surface area contributed by atoms with Crippen molar-refractivity contribution in [2.75, 3.05) is 7.11 Å². The molecule has 2 rings (SSSR count). The highest BCUT2D eigenvalue weighted by molar-refractivity contribution is 5.91. The molecule has 0 spiro atoms. The van der Waals surface area contributed by atoms with E-state index in [-0.39, 0.29) is 17.8 Å². The lowest BCUT2D eigenvalue weighted by Gasteiger charge is -2.12. The Morgan fingerprint density at radius 3 is 2.36 bits per heavy atom. The van der Waals surface area contributed by atoms with Crippen molar-refractivity contribution >= 4 is 12.0 Å². The minimum Gasteiger partial charge on any atom is -0.497 e. The Morgan fingerprint density at radius 1 is 1.14 bits per heavy atom. The van der Waals surface area contributed by atoms with Crippen molar-refractivity contribution in [2.24, 2.45) is 0 Å². The van der Waals surface area contributed by atoms with Gasteiger partial charge >= 0.3 is 0 Å². The summed E-state index contributed by atoms with van der Waals surface area (Å²) >= 11 is 0. The average Bonchev–Trinajstić information content (AvgIpc) is 2.54. The van der Waals surface area contributed by atoms with Gasteiger partial charge in [-0.25, -0.2) is 4.39 Å². The number of carbonyl (C=O) groups is 1. The fourth-order valence-electron chi connectivity index (χ4n) is 1.98. The molecule has 4 heteroatoms. The summed E-state index contributed by atoms with van der Waals surface area (Å²) < 4.78 is 17.9. The molecule has 0 aliphatic carbocycles. The van der Waals surface area contributed by atoms with Gasteiger partial charge in [-0.1, -0.05) is 24.3 Å². The van der Waals surface area contributed by atoms with E-state index < -0.39 is 0 Å². The van der Waals surface area contributed by atoms with Crippen LogP contribution in [0.3, 0.4) is 0 Å². The number of rotatable bonds is 5. The Balaban J connectivity index is 1.93. The van der Waals surface area contributed by atoms with Gasteiger partial charge in [0.2, 0.25) is 5.91 Å². The van der Waals surface area contributed by atoms with Crippen molar-refractivity contribution in [2.45, 2.75) is 13.0 Å². The third-order valence-corrected chi connectivity index (χ3v) is 3.27. The van der Waals surface area contributed by atoms with E-state index >= 15 is 0 Å². The molecule has 2 aromatic rings. The molecule has 22 heavy (non-hydrogen) atoms. The highest BCUT2D eigenvalue weighted by atomic mass is 19.1. The van der Waals surface area contributed by atoms with Crippen LogP contribution in [0.15, 0.2) is 54.6 Å². The molecule has 0 aliphatic rings. The molecule has 0 saturated heterocycles. The highest BCUT2D eigenvalue weighted by Crippen LogP contribution is 2.14. The second-order valence-electron chi connectivity index (χ2n) is 4.89. The van der Waals surface area contributed by atoms with Crippen LogP contribution in [0, 0.1) is 5.82 Å². The van der Waals surface area contributed by atoms with Gasteiger partial charge in [0.05, 0.1) is 13.2 Å². The second kappa shape index (κ2) is 7.41. The molecule has 2 aromatic carbocycles. The van der Waals surface area contributed by atoms with Gasteiger partial charge in [-0.3, -0.25) is 4.79 Å². The Morgan fingerprint density at radius 2 is 1.77 bits per heavy atom. The van der Waals surface area contributed by atoms with Crippen LogP contribution < -0.4 is 10.1 Å². The van der Waals surface area contributed by atoms with E-state index in [1.165, 1.54) is 18.2 Å². The molecule has 0 radical (unpaired) electrons. The van der Waals surface area contributed by atoms with E-state index in [2.05, 4.69) is 5.32 Å². The molecule has 0 fully saturated rings. The van der Waals surface area contributed by atoms with Crippen molar-refractivity contribution in [3.05, 3.63) is 71.6 Å². The zero-order valence-electron chi connectivity index (χ0n) is 12.5. The predicted molar refractivity (Wildman–Crippen MR) is 85.0 cm³/mol. The summed E-state index contributed by atoms with van der Waals surface area (Å²) in [5.41, 5.74) is 1.76. The standard InChI is InChI=1S/C18H18FNO2/c1-13(15-6-8-16(19)9-7-15)20-18(21)12-5-14-3-10-17(22-2)11-4-14/h3-13H,1-2H3,(H,20,21)/b12-5+. The fourth-order valence-corrected chi connectivity index (χ4v) is 1.98. The van der Waals surface area contributed by atoms with Crippen molar-refractivity contribution < 1.29 is 13.9 Å². The molecular weight excluding hydrogens is 281 g/mol. The number of halogens is 1. The maximum atomic E-state index is 12.9. The smallest absolute Gasteiger partial charge is 0.244 e. The maximum Gasteiger partial charge on any atom is 0.244 e. The van der Waals surface area contributed by atoms with Gasteiger partial charge in [-0.2, -0.15) is 0 Å². The van der Waals surface area contributed by atoms with Gasteiger partial charge in [0.1, 0.15) is 11.6 Å². The van der Waals surface area contributed by atoms with Crippen molar-refractivity contribution in [1.29, 1.82) is 0 Å². The van der Waals surface area contributed by atoms with E-state index in [1.807, 2.05) is 31.2 Å². The summed E-state index contributed by atoms with van der Waals surface area (Å²) in [6.45, 7) is 1.85. The minimum absolute atomic E-state index is 0.186. The summed E-state index contributed by atoms with van der Waals surface area (Å²) in [6, 6.07) is 13.3. The van der Waals surface area contributed by atoms with Crippen LogP contribution in [-0.4, -0.2) is 13.0 Å². The van der Waals surface area contributed by atoms with Gasteiger partial charge in [0.25, 0.3) is 0 Å². The lowest BCUT2D eigenvalue weighted by atomic mass is 10.1. The second-order valence-corrected chi connectivity index (χ2v) is 4.89. The van der Waals surface area contributed by atoms with Crippen LogP contribution in [0.25, 0.3) is 6.08 Å². The van der Waals surface area contributed by atoms with E-state index in [0.717, 1.165) is 16.9 Å². The first kappa shape index (κ1) is 15.8. The Kier molecular flexibility index (Phi) is 5.31. The van der Waals surface area contributed by atoms with Crippen molar-refractivity contribution in [3.63, 3.8) is 0 Å². The number of ether oxygens (including phenoxy) is 1. The number of methoxy groups -OCH3 is 1. The fraction of sp³-hybridized carbons (Fsp3) is 0.167. The maximum absolute atomic E-state index is 12.9. The summed E-state index contributed by atoms with van der Waals surface area (Å²) in [7, 11) is 1.61. The quantitative estimate of drug-likeness (QED) is 0.854. The monoisotopic (exact) mass is 299 g/mol. The van der Waals surface area contributed by atoms with Crippen LogP contribution >= 0.6 is 0 Å². The largest absolute Gasteiger partial charge is 0.497 e. The topological polar surface area (TPSA) is 38.3 Å². The van der Waals surface area contributed by atoms with Crippen molar-refractivity contribution in [1.82, 2.24) is 5.32 Å². The molecule has 3 nitrogen and oxygen atoms in total. The van der Waals surface area contributed by atoms with E-state index in [0.29, 0.717) is 0 Å². The first-order valence-corrected chi connectivity index (χ1v) is 6.96. The molecule has 0 aliphatic heterocycles. The van der Waals surface area contributed by atoms with Gasteiger partial charge in [-0.05, 0) is 48.4 Å². The lowest BCUT2D eigenvalue weighted by molar-refractivity contribution is -0.117. The molecule has 0 bridgehead atoms. The molecule has 1 unspecified atom stereocenters. The Labute approximate surface area is 129 Å². The average molecular weight is 299 g/mol. The minimum atomic E-state index is -0.290. The Bertz CT molecular complexity index is 648. The molecule has 0 heterocycles. The third-order valence-electron chi connectivity index (χ3n) is 3.27. The van der Waals surface area contributed by atoms with E-state index in [4.69, 9.17) is 4.74 Å². The summed E-state index contributed by atoms with van der Waals surface area (Å²) in [5, 5.41) is 2.84. The van der Waals surface area contributed by atoms with Crippen LogP contribution in [-0.2, 0) is 4.79 Å². The SMILES string of the molecule is COc1ccc(/C=C/C(=O)NC(C)c2ccc(F)cc2)cc1. The van der Waals surface area contributed by atoms with E-state index in [9.17, 15) is 9.18 Å². The number of nitrogens with one attached hydrogen (secondary N) is 1. The zero-order valence-corrected chi connectivity index (χ0v) is 12.5. The zero-order chi connectivity index (χ0) is 15.9. The van der Waals surface area contributed by atoms with Gasteiger partial charge < -0.3 is 10.1 Å². The highest BCUT2D eigenvalue weighted by Gasteiger charge is 2.07. The molecule has 0 saturated carbocycles. The molecule has 1 N–H and O–H groups in total. The summed E-state index contributed by atoms with van der Waals surface area (Å²) in [5.74, 6) is 0.279. The number of carbonyl (C=O) groups excluding carboxylic acids is 1. The number of benzene rings is 2. The van der Waals surface area contributed by atoms with Crippen LogP contribution in [0.1, 0.15) is 24.1 Å². The predicted octanol–water partition coefficient (Wildman–Crippen LogP) is 3.72. The molecule has 114 valence electrons. The first-order chi connectivity index (χ1) is 10.6. The van der Waals surface area contributed by atoms with Gasteiger partial charge in [0.15, 0.2) is 0 Å². The third kappa shape index (κ3) is 4.45. The van der Waals surface area contributed by atoms with Crippen LogP contribution in [0.4, 0.5) is 4.39 Å².